The maximum atomic E-state index is 11.3. The summed E-state index contributed by atoms with van der Waals surface area (Å²) >= 11 is 5.88. The summed E-state index contributed by atoms with van der Waals surface area (Å²) in [6, 6.07) is 14.3. The van der Waals surface area contributed by atoms with Gasteiger partial charge >= 0.3 is 13.6 Å². The molecule has 0 aliphatic carbocycles. The van der Waals surface area contributed by atoms with Crippen molar-refractivity contribution in [2.24, 2.45) is 10.5 Å². The average Bonchev–Trinajstić information content (AvgIpc) is 2.87. The third-order valence-electron chi connectivity index (χ3n) is 3.27. The molecular weight excluding hydrogens is 321 g/mol. The molecule has 2 aromatic carbocycles. The molecule has 0 amide bonds. The second kappa shape index (κ2) is 5.97. The number of carbonyl (C=O) groups excluding carboxylic acids is 1. The van der Waals surface area contributed by atoms with Crippen molar-refractivity contribution >= 4 is 31.1 Å². The number of halogens is 1. The molecule has 0 aromatic heterocycles. The number of rotatable bonds is 3. The van der Waals surface area contributed by atoms with Crippen LogP contribution < -0.4 is 5.73 Å². The minimum Gasteiger partial charge on any atom is -0.364 e. The monoisotopic (exact) mass is 332 g/mol. The Kier molecular flexibility index (Phi) is 4.03. The summed E-state index contributed by atoms with van der Waals surface area (Å²) in [5.41, 5.74) is 8.10. The van der Waals surface area contributed by atoms with E-state index in [1.165, 1.54) is 0 Å². The molecule has 2 atom stereocenters. The Morgan fingerprint density at radius 1 is 1.18 bits per heavy atom. The van der Waals surface area contributed by atoms with Crippen LogP contribution in [-0.4, -0.2) is 11.6 Å². The molecule has 1 aliphatic rings. The highest BCUT2D eigenvalue weighted by atomic mass is 35.5. The van der Waals surface area contributed by atoms with E-state index in [1.807, 2.05) is 30.3 Å². The Hall–Kier alpha value is -2.07. The summed E-state index contributed by atoms with van der Waals surface area (Å²) in [6.45, 7) is 0. The van der Waals surface area contributed by atoms with Crippen LogP contribution in [0.5, 0.6) is 0 Å². The van der Waals surface area contributed by atoms with Crippen molar-refractivity contribution in [3.8, 4) is 0 Å². The van der Waals surface area contributed by atoms with Crippen molar-refractivity contribution < 1.29 is 9.53 Å². The normalized spacial score (nSPS) is 17.1. The molecule has 3 N–H and O–H groups in total. The first-order valence-electron chi connectivity index (χ1n) is 6.48. The number of nitrogens with one attached hydrogen (secondary N) is 1. The molecule has 2 aromatic rings. The van der Waals surface area contributed by atoms with Crippen LogP contribution in [0.4, 0.5) is 4.79 Å². The third kappa shape index (κ3) is 2.92. The Morgan fingerprint density at radius 2 is 1.91 bits per heavy atom. The Balaban J connectivity index is 1.91. The van der Waals surface area contributed by atoms with Crippen molar-refractivity contribution in [3.63, 3.8) is 0 Å². The van der Waals surface area contributed by atoms with Gasteiger partial charge in [0.25, 0.3) is 5.90 Å². The van der Waals surface area contributed by atoms with Gasteiger partial charge in [0.1, 0.15) is 0 Å². The van der Waals surface area contributed by atoms with Crippen LogP contribution in [0.1, 0.15) is 22.7 Å². The lowest BCUT2D eigenvalue weighted by Gasteiger charge is -2.13. The summed E-state index contributed by atoms with van der Waals surface area (Å²) in [5, 5.41) is 8.13. The molecule has 1 unspecified atom stereocenters. The third-order valence-corrected chi connectivity index (χ3v) is 4.34. The first kappa shape index (κ1) is 14.9. The van der Waals surface area contributed by atoms with Gasteiger partial charge in [-0.25, -0.2) is 0 Å². The van der Waals surface area contributed by atoms with Crippen molar-refractivity contribution in [3.05, 3.63) is 70.2 Å². The molecule has 1 aliphatic heterocycles. The number of nitrogens with two attached hydrogens (primary N) is 1. The van der Waals surface area contributed by atoms with Gasteiger partial charge in [-0.15, -0.1) is 0 Å². The first-order valence-corrected chi connectivity index (χ1v) is 8.15. The van der Waals surface area contributed by atoms with Crippen molar-refractivity contribution in [1.82, 2.24) is 0 Å². The topological polar surface area (TPSA) is 88.5 Å². The second-order valence-corrected chi connectivity index (χ2v) is 6.36. The lowest BCUT2D eigenvalue weighted by atomic mass is 9.98. The van der Waals surface area contributed by atoms with E-state index in [0.29, 0.717) is 10.6 Å². The highest BCUT2D eigenvalue weighted by Gasteiger charge is 2.37. The summed E-state index contributed by atoms with van der Waals surface area (Å²) in [6.07, 6.45) is 0. The molecule has 22 heavy (non-hydrogen) atoms. The van der Waals surface area contributed by atoms with Gasteiger partial charge in [-0.05, 0) is 35.4 Å². The van der Waals surface area contributed by atoms with Crippen molar-refractivity contribution in [1.29, 1.82) is 5.16 Å². The predicted octanol–water partition coefficient (Wildman–Crippen LogP) is 4.44. The van der Waals surface area contributed by atoms with Crippen LogP contribution in [0.25, 0.3) is 0 Å². The van der Waals surface area contributed by atoms with Crippen LogP contribution in [0.15, 0.2) is 53.3 Å². The quantitative estimate of drug-likeness (QED) is 0.814. The van der Waals surface area contributed by atoms with Gasteiger partial charge in [0.05, 0.1) is 6.04 Å². The zero-order chi connectivity index (χ0) is 15.7. The molecule has 110 valence electrons. The van der Waals surface area contributed by atoms with Crippen LogP contribution in [0.3, 0.4) is 0 Å². The lowest BCUT2D eigenvalue weighted by Crippen LogP contribution is -2.13. The number of benzene rings is 2. The van der Waals surface area contributed by atoms with Gasteiger partial charge in [-0.3, -0.25) is 0 Å². The van der Waals surface area contributed by atoms with E-state index in [-0.39, 0.29) is 11.9 Å². The fourth-order valence-corrected chi connectivity index (χ4v) is 2.84. The molecular formula is C15H12ClN3O2P+. The number of cyclic esters (lactones) is 1. The van der Waals surface area contributed by atoms with Gasteiger partial charge in [0.2, 0.25) is 0 Å². The van der Waals surface area contributed by atoms with E-state index in [9.17, 15) is 4.79 Å². The summed E-state index contributed by atoms with van der Waals surface area (Å²) in [5.74, 6) is 0.191. The van der Waals surface area contributed by atoms with E-state index in [1.54, 1.807) is 18.2 Å². The van der Waals surface area contributed by atoms with Gasteiger partial charge < -0.3 is 10.5 Å². The standard InChI is InChI=1S/C15H12ClN3O2P/c16-12-6-4-9(5-7-12)13(17)10-2-1-3-11(8-10)14-19-22(18)15(20)21-14/h1-8,13,18H,17H2/q+1/t13-/m0/s1. The van der Waals surface area contributed by atoms with Gasteiger partial charge in [0.15, 0.2) is 0 Å². The van der Waals surface area contributed by atoms with Crippen LogP contribution in [0.2, 0.25) is 5.02 Å². The Bertz CT molecular complexity index is 790. The summed E-state index contributed by atoms with van der Waals surface area (Å²) in [4.78, 5) is 11.3. The van der Waals surface area contributed by atoms with Gasteiger partial charge in [0, 0.05) is 15.3 Å². The van der Waals surface area contributed by atoms with E-state index < -0.39 is 13.6 Å². The molecule has 0 bridgehead atoms. The highest BCUT2D eigenvalue weighted by Crippen LogP contribution is 2.34. The molecule has 5 nitrogen and oxygen atoms in total. The number of carbonyl (C=O) groups is 1. The molecule has 1 heterocycles. The fraction of sp³-hybridized carbons (Fsp3) is 0.0667. The van der Waals surface area contributed by atoms with Crippen LogP contribution in [0, 0.1) is 5.16 Å². The minimum atomic E-state index is -1.83. The highest BCUT2D eigenvalue weighted by molar-refractivity contribution is 7.63. The largest absolute Gasteiger partial charge is 0.570 e. The van der Waals surface area contributed by atoms with E-state index in [4.69, 9.17) is 27.2 Å². The Labute approximate surface area is 133 Å². The van der Waals surface area contributed by atoms with Crippen molar-refractivity contribution in [2.45, 2.75) is 6.04 Å². The number of hydrogen-bond acceptors (Lipinski definition) is 4. The Morgan fingerprint density at radius 3 is 2.55 bits per heavy atom. The smallest absolute Gasteiger partial charge is 0.364 e. The molecule has 0 saturated heterocycles. The van der Waals surface area contributed by atoms with E-state index in [2.05, 4.69) is 4.76 Å². The number of ether oxygens (including phenoxy) is 1. The minimum absolute atomic E-state index is 0.191. The summed E-state index contributed by atoms with van der Waals surface area (Å²) in [7, 11) is -1.83. The molecule has 3 rings (SSSR count). The summed E-state index contributed by atoms with van der Waals surface area (Å²) < 4.78 is 8.95. The lowest BCUT2D eigenvalue weighted by molar-refractivity contribution is 0.225. The average molecular weight is 333 g/mol. The molecule has 0 fully saturated rings. The first-order chi connectivity index (χ1) is 10.5. The molecule has 0 saturated carbocycles. The van der Waals surface area contributed by atoms with Gasteiger partial charge in [-0.2, -0.15) is 4.79 Å². The number of hydrogen-bond donors (Lipinski definition) is 2. The predicted molar refractivity (Wildman–Crippen MR) is 86.6 cm³/mol. The second-order valence-electron chi connectivity index (χ2n) is 4.74. The maximum Gasteiger partial charge on any atom is 0.570 e. The SMILES string of the molecule is N=[P+]1N=C(c2cccc([C@@H](N)c3ccc(Cl)cc3)c2)OC1=O. The zero-order valence-electron chi connectivity index (χ0n) is 11.4. The number of nitrogens with zero attached hydrogens (tertiary/aromatic N) is 1. The van der Waals surface area contributed by atoms with Crippen LogP contribution in [-0.2, 0) is 4.74 Å². The molecule has 7 heteroatoms. The van der Waals surface area contributed by atoms with E-state index >= 15 is 0 Å². The van der Waals surface area contributed by atoms with Crippen molar-refractivity contribution in [2.75, 3.05) is 0 Å². The fourth-order valence-electron chi connectivity index (χ4n) is 2.12. The molecule has 0 spiro atoms. The van der Waals surface area contributed by atoms with E-state index in [0.717, 1.165) is 11.1 Å². The zero-order valence-corrected chi connectivity index (χ0v) is 13.0. The van der Waals surface area contributed by atoms with Gasteiger partial charge in [-0.1, -0.05) is 41.0 Å². The van der Waals surface area contributed by atoms with Crippen LogP contribution >= 0.6 is 19.5 Å². The molecule has 0 radical (unpaired) electrons. The maximum absolute atomic E-state index is 11.3.